The molecule has 1 heterocycles. The predicted molar refractivity (Wildman–Crippen MR) is 81.4 cm³/mol. The van der Waals surface area contributed by atoms with E-state index in [1.54, 1.807) is 31.4 Å². The van der Waals surface area contributed by atoms with Crippen molar-refractivity contribution in [2.75, 3.05) is 32.7 Å². The molecule has 1 unspecified atom stereocenters. The first kappa shape index (κ1) is 16.5. The summed E-state index contributed by atoms with van der Waals surface area (Å²) in [6, 6.07) is 6.49. The van der Waals surface area contributed by atoms with Gasteiger partial charge in [0.2, 0.25) is 10.0 Å². The van der Waals surface area contributed by atoms with Gasteiger partial charge in [-0.2, -0.15) is 4.31 Å². The Morgan fingerprint density at radius 1 is 1.33 bits per heavy atom. The molecule has 2 rings (SSSR count). The maximum absolute atomic E-state index is 12.5. The first-order valence-corrected chi connectivity index (χ1v) is 8.87. The Bertz CT molecular complexity index is 547. The van der Waals surface area contributed by atoms with E-state index in [-0.39, 0.29) is 11.0 Å². The SMILES string of the molecule is COC1CCN(S(=O)(=O)c2ccc(OCCCCl)cc2)C1. The van der Waals surface area contributed by atoms with E-state index in [0.29, 0.717) is 31.3 Å². The molecule has 0 N–H and O–H groups in total. The molecule has 0 aromatic heterocycles. The van der Waals surface area contributed by atoms with Crippen LogP contribution in [-0.4, -0.2) is 51.5 Å². The van der Waals surface area contributed by atoms with Crippen molar-refractivity contribution in [2.24, 2.45) is 0 Å². The number of benzene rings is 1. The monoisotopic (exact) mass is 333 g/mol. The number of sulfonamides is 1. The standard InChI is InChI=1S/C14H20ClNO4S/c1-19-13-7-9-16(11-13)21(17,18)14-5-3-12(4-6-14)20-10-2-8-15/h3-6,13H,2,7-11H2,1H3. The Kier molecular flexibility index (Phi) is 5.87. The average Bonchev–Trinajstić information content (AvgIpc) is 2.98. The lowest BCUT2D eigenvalue weighted by Gasteiger charge is -2.16. The lowest BCUT2D eigenvalue weighted by Crippen LogP contribution is -2.30. The molecule has 0 spiro atoms. The molecule has 5 nitrogen and oxygen atoms in total. The lowest BCUT2D eigenvalue weighted by molar-refractivity contribution is 0.115. The second-order valence-electron chi connectivity index (χ2n) is 4.87. The summed E-state index contributed by atoms with van der Waals surface area (Å²) in [5, 5.41) is 0. The molecule has 1 saturated heterocycles. The van der Waals surface area contributed by atoms with Crippen LogP contribution in [0.25, 0.3) is 0 Å². The van der Waals surface area contributed by atoms with Gasteiger partial charge in [-0.3, -0.25) is 0 Å². The van der Waals surface area contributed by atoms with Crippen molar-refractivity contribution in [3.05, 3.63) is 24.3 Å². The van der Waals surface area contributed by atoms with E-state index in [1.165, 1.54) is 4.31 Å². The number of nitrogens with zero attached hydrogens (tertiary/aromatic N) is 1. The van der Waals surface area contributed by atoms with Crippen LogP contribution in [0.2, 0.25) is 0 Å². The van der Waals surface area contributed by atoms with Crippen LogP contribution in [-0.2, 0) is 14.8 Å². The van der Waals surface area contributed by atoms with Crippen molar-refractivity contribution < 1.29 is 17.9 Å². The highest BCUT2D eigenvalue weighted by Crippen LogP contribution is 2.24. The third-order valence-electron chi connectivity index (χ3n) is 3.45. The molecule has 0 saturated carbocycles. The number of hydrogen-bond acceptors (Lipinski definition) is 4. The summed E-state index contributed by atoms with van der Waals surface area (Å²) >= 11 is 5.57. The highest BCUT2D eigenvalue weighted by Gasteiger charge is 2.32. The van der Waals surface area contributed by atoms with Gasteiger partial charge in [0.1, 0.15) is 5.75 Å². The minimum atomic E-state index is -3.45. The number of methoxy groups -OCH3 is 1. The van der Waals surface area contributed by atoms with E-state index in [9.17, 15) is 8.42 Å². The summed E-state index contributed by atoms with van der Waals surface area (Å²) in [5.74, 6) is 1.19. The molecule has 0 radical (unpaired) electrons. The minimum Gasteiger partial charge on any atom is -0.494 e. The second kappa shape index (κ2) is 7.45. The normalized spacial score (nSPS) is 19.8. The maximum atomic E-state index is 12.5. The lowest BCUT2D eigenvalue weighted by atomic mass is 10.3. The van der Waals surface area contributed by atoms with Crippen LogP contribution in [0.4, 0.5) is 0 Å². The van der Waals surface area contributed by atoms with Crippen LogP contribution in [0.1, 0.15) is 12.8 Å². The zero-order valence-electron chi connectivity index (χ0n) is 12.0. The summed E-state index contributed by atoms with van der Waals surface area (Å²) < 4.78 is 37.1. The van der Waals surface area contributed by atoms with Crippen molar-refractivity contribution in [2.45, 2.75) is 23.8 Å². The number of ether oxygens (including phenoxy) is 2. The van der Waals surface area contributed by atoms with Gasteiger partial charge >= 0.3 is 0 Å². The van der Waals surface area contributed by atoms with Gasteiger partial charge in [-0.05, 0) is 37.1 Å². The highest BCUT2D eigenvalue weighted by molar-refractivity contribution is 7.89. The predicted octanol–water partition coefficient (Wildman–Crippen LogP) is 2.10. The molecule has 1 atom stereocenters. The van der Waals surface area contributed by atoms with Gasteiger partial charge in [0.05, 0.1) is 17.6 Å². The van der Waals surface area contributed by atoms with Gasteiger partial charge in [-0.25, -0.2) is 8.42 Å². The highest BCUT2D eigenvalue weighted by atomic mass is 35.5. The molecule has 0 bridgehead atoms. The van der Waals surface area contributed by atoms with Gasteiger partial charge in [-0.15, -0.1) is 11.6 Å². The Balaban J connectivity index is 2.03. The third-order valence-corrected chi connectivity index (χ3v) is 5.60. The van der Waals surface area contributed by atoms with Crippen molar-refractivity contribution >= 4 is 21.6 Å². The van der Waals surface area contributed by atoms with Gasteiger partial charge in [0, 0.05) is 26.1 Å². The van der Waals surface area contributed by atoms with Gasteiger partial charge in [-0.1, -0.05) is 0 Å². The maximum Gasteiger partial charge on any atom is 0.243 e. The van der Waals surface area contributed by atoms with Gasteiger partial charge in [0.15, 0.2) is 0 Å². The molecular formula is C14H20ClNO4S. The van der Waals surface area contributed by atoms with Crippen LogP contribution in [0.5, 0.6) is 5.75 Å². The fraction of sp³-hybridized carbons (Fsp3) is 0.571. The van der Waals surface area contributed by atoms with E-state index in [2.05, 4.69) is 0 Å². The summed E-state index contributed by atoms with van der Waals surface area (Å²) in [6.45, 7) is 1.43. The summed E-state index contributed by atoms with van der Waals surface area (Å²) in [6.07, 6.45) is 1.47. The van der Waals surface area contributed by atoms with Crippen molar-refractivity contribution in [3.8, 4) is 5.75 Å². The van der Waals surface area contributed by atoms with Crippen LogP contribution in [0.15, 0.2) is 29.2 Å². The third kappa shape index (κ3) is 4.10. The summed E-state index contributed by atoms with van der Waals surface area (Å²) in [7, 11) is -1.84. The van der Waals surface area contributed by atoms with E-state index < -0.39 is 10.0 Å². The van der Waals surface area contributed by atoms with Crippen molar-refractivity contribution in [3.63, 3.8) is 0 Å². The van der Waals surface area contributed by atoms with Crippen molar-refractivity contribution in [1.29, 1.82) is 0 Å². The summed E-state index contributed by atoms with van der Waals surface area (Å²) in [5.41, 5.74) is 0. The van der Waals surface area contributed by atoms with Gasteiger partial charge < -0.3 is 9.47 Å². The second-order valence-corrected chi connectivity index (χ2v) is 7.19. The number of alkyl halides is 1. The van der Waals surface area contributed by atoms with Crippen LogP contribution >= 0.6 is 11.6 Å². The van der Waals surface area contributed by atoms with Crippen molar-refractivity contribution in [1.82, 2.24) is 4.31 Å². The number of halogens is 1. The molecule has 0 aliphatic carbocycles. The fourth-order valence-electron chi connectivity index (χ4n) is 2.21. The van der Waals surface area contributed by atoms with E-state index in [1.807, 2.05) is 0 Å². The topological polar surface area (TPSA) is 55.8 Å². The quantitative estimate of drug-likeness (QED) is 0.566. The molecule has 1 aromatic carbocycles. The van der Waals surface area contributed by atoms with E-state index in [0.717, 1.165) is 12.8 Å². The fourth-order valence-corrected chi connectivity index (χ4v) is 3.81. The molecule has 118 valence electrons. The minimum absolute atomic E-state index is 0.0158. The van der Waals surface area contributed by atoms with Gasteiger partial charge in [0.25, 0.3) is 0 Å². The zero-order valence-corrected chi connectivity index (χ0v) is 13.6. The Morgan fingerprint density at radius 2 is 2.05 bits per heavy atom. The number of rotatable bonds is 7. The Hall–Kier alpha value is -0.820. The Labute approximate surface area is 130 Å². The summed E-state index contributed by atoms with van der Waals surface area (Å²) in [4.78, 5) is 0.281. The molecule has 1 aliphatic rings. The smallest absolute Gasteiger partial charge is 0.243 e. The molecule has 1 aromatic rings. The molecule has 7 heteroatoms. The zero-order chi connectivity index (χ0) is 15.3. The molecule has 0 amide bonds. The average molecular weight is 334 g/mol. The first-order valence-electron chi connectivity index (χ1n) is 6.89. The first-order chi connectivity index (χ1) is 10.1. The van der Waals surface area contributed by atoms with E-state index >= 15 is 0 Å². The largest absolute Gasteiger partial charge is 0.494 e. The molecular weight excluding hydrogens is 314 g/mol. The van der Waals surface area contributed by atoms with E-state index in [4.69, 9.17) is 21.1 Å². The van der Waals surface area contributed by atoms with Crippen LogP contribution < -0.4 is 4.74 Å². The Morgan fingerprint density at radius 3 is 2.62 bits per heavy atom. The number of hydrogen-bond donors (Lipinski definition) is 0. The van der Waals surface area contributed by atoms with Crippen LogP contribution in [0, 0.1) is 0 Å². The molecule has 1 fully saturated rings. The molecule has 1 aliphatic heterocycles. The molecule has 21 heavy (non-hydrogen) atoms. The van der Waals surface area contributed by atoms with Crippen LogP contribution in [0.3, 0.4) is 0 Å².